The Hall–Kier alpha value is -2.81. The fourth-order valence-corrected chi connectivity index (χ4v) is 10.1. The van der Waals surface area contributed by atoms with Crippen LogP contribution in [0.3, 0.4) is 0 Å². The number of ether oxygens (including phenoxy) is 1. The predicted octanol–water partition coefficient (Wildman–Crippen LogP) is 20.3. The Labute approximate surface area is 495 Å². The quantitative estimate of drug-likeness (QED) is 0.0212. The standard InChI is InChI=1S/C70H127N2O7P/c1-7-10-13-16-19-22-25-28-30-32-33-34-35-36-37-38-39-41-42-44-47-50-53-56-59-62-69(73)71-67(66-78-80(75,76)77-65-64-72(4,5)6)68(61-58-55-52-49-46-27-24-21-18-15-12-9-3)79-70(74)63-60-57-54-51-48-45-43-40-31-29-26-23-20-17-14-11-8-2/h19-20,22-23,28-31,43,45,51,54,58,61,67-68H,7-18,21,24-27,32-42,44,46-50,52-53,55-57,59-60,62-66H2,1-6H3,(H-,71,73,75,76)/b22-19-,23-20-,30-28-,31-29-,45-43-,54-51-,61-58-. The summed E-state index contributed by atoms with van der Waals surface area (Å²) in [5.74, 6) is -0.603. The molecule has 464 valence electrons. The first-order chi connectivity index (χ1) is 38.9. The van der Waals surface area contributed by atoms with E-state index in [-0.39, 0.29) is 18.9 Å². The molecule has 0 rings (SSSR count). The lowest BCUT2D eigenvalue weighted by molar-refractivity contribution is -0.870. The highest BCUT2D eigenvalue weighted by Crippen LogP contribution is 2.38. The van der Waals surface area contributed by atoms with Crippen LogP contribution in [0.25, 0.3) is 0 Å². The van der Waals surface area contributed by atoms with Crippen molar-refractivity contribution in [1.82, 2.24) is 5.32 Å². The minimum Gasteiger partial charge on any atom is -0.756 e. The number of phosphoric ester groups is 1. The number of rotatable bonds is 60. The van der Waals surface area contributed by atoms with E-state index in [1.165, 1.54) is 186 Å². The molecule has 0 aliphatic rings. The molecule has 1 N–H and O–H groups in total. The first kappa shape index (κ1) is 77.2. The number of carbonyl (C=O) groups excluding carboxylic acids is 2. The van der Waals surface area contributed by atoms with E-state index >= 15 is 0 Å². The summed E-state index contributed by atoms with van der Waals surface area (Å²) in [5, 5.41) is 3.02. The zero-order valence-corrected chi connectivity index (χ0v) is 53.9. The second-order valence-electron chi connectivity index (χ2n) is 23.6. The van der Waals surface area contributed by atoms with Gasteiger partial charge in [0.1, 0.15) is 19.3 Å². The van der Waals surface area contributed by atoms with Crippen LogP contribution in [0.5, 0.6) is 0 Å². The Balaban J connectivity index is 5.16. The van der Waals surface area contributed by atoms with Crippen LogP contribution in [0.1, 0.15) is 297 Å². The summed E-state index contributed by atoms with van der Waals surface area (Å²) in [7, 11) is 1.16. The number of allylic oxidation sites excluding steroid dienone is 13. The topological polar surface area (TPSA) is 114 Å². The van der Waals surface area contributed by atoms with Crippen molar-refractivity contribution in [1.29, 1.82) is 0 Å². The van der Waals surface area contributed by atoms with Gasteiger partial charge in [-0.05, 0) is 102 Å². The number of nitrogens with one attached hydrogen (secondary N) is 1. The van der Waals surface area contributed by atoms with Gasteiger partial charge in [-0.15, -0.1) is 0 Å². The maximum absolute atomic E-state index is 13.6. The molecule has 0 spiro atoms. The van der Waals surface area contributed by atoms with Gasteiger partial charge in [-0.1, -0.05) is 267 Å². The number of amides is 1. The number of esters is 1. The molecule has 0 bridgehead atoms. The summed E-state index contributed by atoms with van der Waals surface area (Å²) in [6, 6.07) is -0.914. The third-order valence-corrected chi connectivity index (χ3v) is 15.5. The van der Waals surface area contributed by atoms with Crippen molar-refractivity contribution >= 4 is 19.7 Å². The minimum absolute atomic E-state index is 0.0328. The van der Waals surface area contributed by atoms with Crippen LogP contribution in [0.15, 0.2) is 85.1 Å². The molecule has 3 atom stereocenters. The van der Waals surface area contributed by atoms with Gasteiger partial charge < -0.3 is 28.5 Å². The van der Waals surface area contributed by atoms with Gasteiger partial charge in [-0.2, -0.15) is 0 Å². The van der Waals surface area contributed by atoms with E-state index in [0.29, 0.717) is 23.9 Å². The molecule has 80 heavy (non-hydrogen) atoms. The number of hydrogen-bond donors (Lipinski definition) is 1. The van der Waals surface area contributed by atoms with Crippen molar-refractivity contribution in [2.45, 2.75) is 309 Å². The van der Waals surface area contributed by atoms with Crippen molar-refractivity contribution in [3.05, 3.63) is 85.1 Å². The Bertz CT molecular complexity index is 1640. The molecule has 0 fully saturated rings. The number of phosphoric acid groups is 1. The third kappa shape index (κ3) is 59.8. The average Bonchev–Trinajstić information content (AvgIpc) is 3.42. The van der Waals surface area contributed by atoms with E-state index in [1.807, 2.05) is 33.3 Å². The predicted molar refractivity (Wildman–Crippen MR) is 344 cm³/mol. The molecule has 10 heteroatoms. The molecular weight excluding hydrogens is 1010 g/mol. The van der Waals surface area contributed by atoms with Crippen LogP contribution >= 0.6 is 7.82 Å². The maximum atomic E-state index is 13.6. The smallest absolute Gasteiger partial charge is 0.306 e. The number of likely N-dealkylation sites (N-methyl/N-ethyl adjacent to an activating group) is 1. The molecule has 3 unspecified atom stereocenters. The highest BCUT2D eigenvalue weighted by atomic mass is 31.2. The van der Waals surface area contributed by atoms with Gasteiger partial charge in [0.25, 0.3) is 7.82 Å². The zero-order valence-electron chi connectivity index (χ0n) is 53.0. The van der Waals surface area contributed by atoms with Crippen LogP contribution in [-0.2, 0) is 27.9 Å². The number of unbranched alkanes of at least 4 members (excludes halogenated alkanes) is 32. The second kappa shape index (κ2) is 59.4. The first-order valence-corrected chi connectivity index (χ1v) is 34.9. The van der Waals surface area contributed by atoms with Gasteiger partial charge in [0.15, 0.2) is 0 Å². The number of nitrogens with zero attached hydrogens (tertiary/aromatic N) is 1. The average molecular weight is 1140 g/mol. The van der Waals surface area contributed by atoms with Crippen molar-refractivity contribution in [2.75, 3.05) is 40.9 Å². The molecule has 0 aromatic carbocycles. The van der Waals surface area contributed by atoms with Gasteiger partial charge in [0.2, 0.25) is 5.91 Å². The van der Waals surface area contributed by atoms with Gasteiger partial charge >= 0.3 is 5.97 Å². The Kier molecular flexibility index (Phi) is 57.3. The lowest BCUT2D eigenvalue weighted by Crippen LogP contribution is -2.47. The molecule has 0 saturated heterocycles. The van der Waals surface area contributed by atoms with Crippen LogP contribution in [-0.4, -0.2) is 69.4 Å². The molecule has 9 nitrogen and oxygen atoms in total. The number of carbonyl (C=O) groups is 2. The van der Waals surface area contributed by atoms with Gasteiger partial charge in [0, 0.05) is 12.8 Å². The largest absolute Gasteiger partial charge is 0.756 e. The van der Waals surface area contributed by atoms with Crippen molar-refractivity contribution in [2.24, 2.45) is 0 Å². The highest BCUT2D eigenvalue weighted by Gasteiger charge is 2.27. The van der Waals surface area contributed by atoms with Crippen LogP contribution < -0.4 is 10.2 Å². The summed E-state index contributed by atoms with van der Waals surface area (Å²) in [4.78, 5) is 40.0. The number of hydrogen-bond acceptors (Lipinski definition) is 7. The number of quaternary nitrogens is 1. The molecular formula is C70H127N2O7P. The Morgan fingerprint density at radius 2 is 0.775 bits per heavy atom. The molecule has 0 saturated carbocycles. The van der Waals surface area contributed by atoms with Gasteiger partial charge in [-0.25, -0.2) is 0 Å². The van der Waals surface area contributed by atoms with Crippen LogP contribution in [0.2, 0.25) is 0 Å². The molecule has 1 amide bonds. The van der Waals surface area contributed by atoms with E-state index in [9.17, 15) is 19.0 Å². The van der Waals surface area contributed by atoms with Crippen LogP contribution in [0, 0.1) is 0 Å². The summed E-state index contributed by atoms with van der Waals surface area (Å²) < 4.78 is 30.3. The fraction of sp³-hybridized carbons (Fsp3) is 0.771. The van der Waals surface area contributed by atoms with E-state index in [1.54, 1.807) is 0 Å². The highest BCUT2D eigenvalue weighted by molar-refractivity contribution is 7.45. The van der Waals surface area contributed by atoms with Crippen LogP contribution in [0.4, 0.5) is 0 Å². The normalized spacial score (nSPS) is 14.1. The van der Waals surface area contributed by atoms with E-state index in [2.05, 4.69) is 99.0 Å². The summed E-state index contributed by atoms with van der Waals surface area (Å²) in [6.07, 6.45) is 78.5. The first-order valence-electron chi connectivity index (χ1n) is 33.4. The van der Waals surface area contributed by atoms with Gasteiger partial charge in [-0.3, -0.25) is 14.2 Å². The maximum Gasteiger partial charge on any atom is 0.306 e. The lowest BCUT2D eigenvalue weighted by Gasteiger charge is -2.30. The summed E-state index contributed by atoms with van der Waals surface area (Å²) in [6.45, 7) is 6.77. The third-order valence-electron chi connectivity index (χ3n) is 14.5. The minimum atomic E-state index is -4.72. The molecule has 0 aliphatic heterocycles. The van der Waals surface area contributed by atoms with Crippen molar-refractivity contribution < 1.29 is 37.3 Å². The SMILES string of the molecule is CCCCC/C=C\C/C=C\C/C=C\C/C=C\CCCC(=O)OC(/C=C\CCCCCCCCCCCC)C(COP(=O)([O-])OCC[N+](C)(C)C)NC(=O)CCCCCCCCCCCCCCCCC/C=C\C/C=C\CCCCC. The van der Waals surface area contributed by atoms with Crippen molar-refractivity contribution in [3.63, 3.8) is 0 Å². The monoisotopic (exact) mass is 1140 g/mol. The molecule has 0 aromatic rings. The van der Waals surface area contributed by atoms with E-state index in [0.717, 1.165) is 70.6 Å². The molecule has 0 radical (unpaired) electrons. The van der Waals surface area contributed by atoms with Crippen molar-refractivity contribution in [3.8, 4) is 0 Å². The lowest BCUT2D eigenvalue weighted by atomic mass is 10.0. The second-order valence-corrected chi connectivity index (χ2v) is 25.0. The molecule has 0 heterocycles. The Morgan fingerprint density at radius 3 is 1.19 bits per heavy atom. The molecule has 0 aliphatic carbocycles. The zero-order chi connectivity index (χ0) is 58.6. The van der Waals surface area contributed by atoms with E-state index in [4.69, 9.17) is 13.8 Å². The van der Waals surface area contributed by atoms with E-state index < -0.39 is 32.5 Å². The summed E-state index contributed by atoms with van der Waals surface area (Å²) >= 11 is 0. The Morgan fingerprint density at radius 1 is 0.438 bits per heavy atom. The molecule has 0 aromatic heterocycles. The van der Waals surface area contributed by atoms with Gasteiger partial charge in [0.05, 0.1) is 33.8 Å². The fourth-order valence-electron chi connectivity index (χ4n) is 9.37. The summed E-state index contributed by atoms with van der Waals surface area (Å²) in [5.41, 5.74) is 0.